The van der Waals surface area contributed by atoms with Crippen molar-refractivity contribution in [1.82, 2.24) is 9.97 Å². The summed E-state index contributed by atoms with van der Waals surface area (Å²) in [6.07, 6.45) is -4.87. The zero-order chi connectivity index (χ0) is 16.2. The molecule has 0 amide bonds. The molecule has 0 fully saturated rings. The van der Waals surface area contributed by atoms with Gasteiger partial charge in [0.15, 0.2) is 5.92 Å². The molecular weight excluding hydrogens is 297 g/mol. The third-order valence-electron chi connectivity index (χ3n) is 2.35. The van der Waals surface area contributed by atoms with E-state index in [0.717, 1.165) is 27.4 Å². The Morgan fingerprint density at radius 1 is 1.10 bits per heavy atom. The Kier molecular flexibility index (Phi) is 5.06. The molecule has 0 aliphatic heterocycles. The average Bonchev–Trinajstić information content (AvgIpc) is 2.45. The van der Waals surface area contributed by atoms with Crippen LogP contribution in [0.2, 0.25) is 0 Å². The van der Waals surface area contributed by atoms with Gasteiger partial charge in [-0.3, -0.25) is 9.59 Å². The second-order valence-corrected chi connectivity index (χ2v) is 3.64. The van der Waals surface area contributed by atoms with Gasteiger partial charge >= 0.3 is 18.1 Å². The van der Waals surface area contributed by atoms with E-state index in [-0.39, 0.29) is 0 Å². The fourth-order valence-electron chi connectivity index (χ4n) is 1.40. The Bertz CT molecular complexity index is 531. The molecule has 7 nitrogen and oxygen atoms in total. The maximum absolute atomic E-state index is 12.7. The Labute approximate surface area is 117 Å². The van der Waals surface area contributed by atoms with Crippen LogP contribution < -0.4 is 4.74 Å². The van der Waals surface area contributed by atoms with E-state index >= 15 is 0 Å². The van der Waals surface area contributed by atoms with Crippen LogP contribution in [0.1, 0.15) is 17.4 Å². The van der Waals surface area contributed by atoms with Gasteiger partial charge in [0.05, 0.1) is 27.0 Å². The third-order valence-corrected chi connectivity index (χ3v) is 2.35. The Hall–Kier alpha value is -2.39. The molecule has 0 bridgehead atoms. The average molecular weight is 308 g/mol. The highest BCUT2D eigenvalue weighted by atomic mass is 19.4. The molecule has 10 heteroatoms. The van der Waals surface area contributed by atoms with Gasteiger partial charge in [0, 0.05) is 6.07 Å². The first-order valence-electron chi connectivity index (χ1n) is 5.40. The number of aromatic nitrogens is 2. The van der Waals surface area contributed by atoms with Crippen LogP contribution in [0.3, 0.4) is 0 Å². The summed E-state index contributed by atoms with van der Waals surface area (Å²) in [4.78, 5) is 29.4. The number of alkyl halides is 3. The molecule has 0 saturated carbocycles. The normalized spacial score (nSPS) is 11.2. The van der Waals surface area contributed by atoms with E-state index in [9.17, 15) is 22.8 Å². The second-order valence-electron chi connectivity index (χ2n) is 3.64. The number of esters is 2. The molecule has 0 aromatic carbocycles. The molecule has 0 radical (unpaired) electrons. The first-order valence-corrected chi connectivity index (χ1v) is 5.40. The molecule has 0 atom stereocenters. The van der Waals surface area contributed by atoms with Crippen LogP contribution in [0, 0.1) is 0 Å². The number of ether oxygens (including phenoxy) is 3. The number of hydrogen-bond donors (Lipinski definition) is 0. The first kappa shape index (κ1) is 16.7. The minimum atomic E-state index is -4.87. The highest BCUT2D eigenvalue weighted by Crippen LogP contribution is 2.30. The predicted molar refractivity (Wildman–Crippen MR) is 60.4 cm³/mol. The van der Waals surface area contributed by atoms with E-state index in [0.29, 0.717) is 0 Å². The molecular formula is C11H11F3N2O5. The summed E-state index contributed by atoms with van der Waals surface area (Å²) >= 11 is 0. The molecule has 0 spiro atoms. The topological polar surface area (TPSA) is 87.6 Å². The summed E-state index contributed by atoms with van der Waals surface area (Å²) in [7, 11) is 3.03. The molecule has 116 valence electrons. The van der Waals surface area contributed by atoms with Gasteiger partial charge < -0.3 is 14.2 Å². The fraction of sp³-hybridized carbons (Fsp3) is 0.455. The molecule has 1 aromatic rings. The summed E-state index contributed by atoms with van der Waals surface area (Å²) in [6, 6.07) is 0.924. The maximum Gasteiger partial charge on any atom is 0.451 e. The van der Waals surface area contributed by atoms with Crippen molar-refractivity contribution in [3.05, 3.63) is 17.6 Å². The Morgan fingerprint density at radius 3 is 2.00 bits per heavy atom. The number of methoxy groups -OCH3 is 3. The summed E-state index contributed by atoms with van der Waals surface area (Å²) in [5.74, 6) is -6.00. The van der Waals surface area contributed by atoms with Gasteiger partial charge in [0.2, 0.25) is 11.7 Å². The van der Waals surface area contributed by atoms with E-state index in [1.165, 1.54) is 0 Å². The van der Waals surface area contributed by atoms with E-state index in [1.54, 1.807) is 0 Å². The molecule has 1 heterocycles. The van der Waals surface area contributed by atoms with Crippen LogP contribution in [0.25, 0.3) is 0 Å². The van der Waals surface area contributed by atoms with Gasteiger partial charge in [-0.05, 0) is 0 Å². The maximum atomic E-state index is 12.7. The number of carbonyl (C=O) groups excluding carboxylic acids is 2. The summed E-state index contributed by atoms with van der Waals surface area (Å²) in [5.41, 5.74) is -0.534. The number of halogens is 3. The van der Waals surface area contributed by atoms with E-state index < -0.39 is 41.4 Å². The zero-order valence-electron chi connectivity index (χ0n) is 11.2. The van der Waals surface area contributed by atoms with Crippen molar-refractivity contribution in [2.75, 3.05) is 21.3 Å². The summed E-state index contributed by atoms with van der Waals surface area (Å²) < 4.78 is 51.4. The molecule has 21 heavy (non-hydrogen) atoms. The van der Waals surface area contributed by atoms with Crippen molar-refractivity contribution in [2.45, 2.75) is 12.1 Å². The lowest BCUT2D eigenvalue weighted by Crippen LogP contribution is -2.26. The van der Waals surface area contributed by atoms with Crippen LogP contribution in [0.15, 0.2) is 6.07 Å². The van der Waals surface area contributed by atoms with Gasteiger partial charge in [0.1, 0.15) is 0 Å². The van der Waals surface area contributed by atoms with Gasteiger partial charge in [-0.2, -0.15) is 18.2 Å². The molecule has 1 aromatic heterocycles. The van der Waals surface area contributed by atoms with Gasteiger partial charge in [-0.25, -0.2) is 4.98 Å². The molecule has 1 rings (SSSR count). The van der Waals surface area contributed by atoms with E-state index in [4.69, 9.17) is 0 Å². The molecule has 0 aliphatic carbocycles. The van der Waals surface area contributed by atoms with E-state index in [1.807, 2.05) is 0 Å². The van der Waals surface area contributed by atoms with Crippen molar-refractivity contribution in [2.24, 2.45) is 0 Å². The van der Waals surface area contributed by atoms with Crippen molar-refractivity contribution in [1.29, 1.82) is 0 Å². The Morgan fingerprint density at radius 2 is 1.62 bits per heavy atom. The molecule has 0 N–H and O–H groups in total. The van der Waals surface area contributed by atoms with Crippen LogP contribution in [0.4, 0.5) is 13.2 Å². The lowest BCUT2D eigenvalue weighted by molar-refractivity contribution is -0.155. The van der Waals surface area contributed by atoms with Crippen LogP contribution >= 0.6 is 0 Å². The van der Waals surface area contributed by atoms with Crippen molar-refractivity contribution in [3.8, 4) is 5.88 Å². The van der Waals surface area contributed by atoms with Crippen LogP contribution in [-0.4, -0.2) is 43.2 Å². The monoisotopic (exact) mass is 308 g/mol. The lowest BCUT2D eigenvalue weighted by Gasteiger charge is -2.14. The summed E-state index contributed by atoms with van der Waals surface area (Å²) in [6.45, 7) is 0. The second kappa shape index (κ2) is 6.37. The quantitative estimate of drug-likeness (QED) is 0.604. The lowest BCUT2D eigenvalue weighted by atomic mass is 10.1. The third kappa shape index (κ3) is 3.80. The standard InChI is InChI=1S/C11H11F3N2O5/c1-19-6-4-5(15-10(16-6)11(12,13)14)7(8(17)20-2)9(18)21-3/h4,7H,1-3H3. The minimum Gasteiger partial charge on any atom is -0.481 e. The minimum absolute atomic E-state index is 0.454. The predicted octanol–water partition coefficient (Wildman–Crippen LogP) is 0.934. The number of carbonyl (C=O) groups is 2. The number of rotatable bonds is 4. The van der Waals surface area contributed by atoms with Gasteiger partial charge in [-0.1, -0.05) is 0 Å². The fourth-order valence-corrected chi connectivity index (χ4v) is 1.40. The number of nitrogens with zero attached hydrogens (tertiary/aromatic N) is 2. The SMILES string of the molecule is COC(=O)C(C(=O)OC)c1cc(OC)nc(C(F)(F)F)n1. The largest absolute Gasteiger partial charge is 0.481 e. The molecule has 0 unspecified atom stereocenters. The number of hydrogen-bond acceptors (Lipinski definition) is 7. The van der Waals surface area contributed by atoms with Crippen LogP contribution in [-0.2, 0) is 25.2 Å². The van der Waals surface area contributed by atoms with Gasteiger partial charge in [0.25, 0.3) is 0 Å². The zero-order valence-corrected chi connectivity index (χ0v) is 11.2. The highest BCUT2D eigenvalue weighted by molar-refractivity contribution is 6.00. The first-order chi connectivity index (χ1) is 9.74. The van der Waals surface area contributed by atoms with Crippen molar-refractivity contribution >= 4 is 11.9 Å². The summed E-state index contributed by atoms with van der Waals surface area (Å²) in [5, 5.41) is 0. The highest BCUT2D eigenvalue weighted by Gasteiger charge is 2.39. The van der Waals surface area contributed by atoms with E-state index in [2.05, 4.69) is 24.2 Å². The van der Waals surface area contributed by atoms with Gasteiger partial charge in [-0.15, -0.1) is 0 Å². The smallest absolute Gasteiger partial charge is 0.451 e. The molecule has 0 saturated heterocycles. The van der Waals surface area contributed by atoms with Crippen LogP contribution in [0.5, 0.6) is 5.88 Å². The molecule has 0 aliphatic rings. The van der Waals surface area contributed by atoms with Crippen molar-refractivity contribution < 1.29 is 37.0 Å². The Balaban J connectivity index is 3.43. The van der Waals surface area contributed by atoms with Crippen molar-refractivity contribution in [3.63, 3.8) is 0 Å².